The largest absolute Gasteiger partial charge is 0.497 e. The molecule has 0 aromatic heterocycles. The smallest absolute Gasteiger partial charge is 0.228 e. The number of amides is 1. The molecule has 1 heterocycles. The van der Waals surface area contributed by atoms with Gasteiger partial charge in [-0.2, -0.15) is 0 Å². The molecule has 140 valence electrons. The average molecular weight is 369 g/mol. The number of ether oxygens (including phenoxy) is 2. The van der Waals surface area contributed by atoms with Gasteiger partial charge in [0, 0.05) is 12.0 Å². The van der Waals surface area contributed by atoms with E-state index in [-0.39, 0.29) is 29.6 Å². The number of rotatable bonds is 7. The Bertz CT molecular complexity index is 588. The van der Waals surface area contributed by atoms with Crippen molar-refractivity contribution in [3.63, 3.8) is 0 Å². The van der Waals surface area contributed by atoms with Gasteiger partial charge in [0.2, 0.25) is 5.91 Å². The minimum atomic E-state index is 0. The summed E-state index contributed by atoms with van der Waals surface area (Å²) in [5.41, 5.74) is 0.948. The monoisotopic (exact) mass is 368 g/mol. The molecule has 3 rings (SSSR count). The van der Waals surface area contributed by atoms with Crippen LogP contribution < -0.4 is 20.1 Å². The number of piperidine rings is 1. The van der Waals surface area contributed by atoms with Gasteiger partial charge in [-0.1, -0.05) is 13.3 Å². The molecule has 25 heavy (non-hydrogen) atoms. The Morgan fingerprint density at radius 2 is 2.12 bits per heavy atom. The van der Waals surface area contributed by atoms with E-state index in [1.807, 2.05) is 18.2 Å². The van der Waals surface area contributed by atoms with E-state index < -0.39 is 0 Å². The van der Waals surface area contributed by atoms with Gasteiger partial charge in [-0.15, -0.1) is 12.4 Å². The van der Waals surface area contributed by atoms with Gasteiger partial charge in [0.25, 0.3) is 0 Å². The maximum Gasteiger partial charge on any atom is 0.228 e. The number of hydrogen-bond acceptors (Lipinski definition) is 4. The van der Waals surface area contributed by atoms with Crippen LogP contribution in [0.2, 0.25) is 0 Å². The average Bonchev–Trinajstić information content (AvgIpc) is 3.30. The molecule has 1 aromatic carbocycles. The first-order chi connectivity index (χ1) is 11.7. The van der Waals surface area contributed by atoms with E-state index >= 15 is 0 Å². The van der Waals surface area contributed by atoms with Crippen molar-refractivity contribution in [2.45, 2.75) is 39.0 Å². The Balaban J connectivity index is 0.00000225. The number of carbonyl (C=O) groups excluding carboxylic acids is 1. The summed E-state index contributed by atoms with van der Waals surface area (Å²) in [6, 6.07) is 5.58. The first-order valence-electron chi connectivity index (χ1n) is 9.01. The van der Waals surface area contributed by atoms with Gasteiger partial charge in [0.15, 0.2) is 0 Å². The molecule has 1 spiro atoms. The van der Waals surface area contributed by atoms with Crippen molar-refractivity contribution in [3.05, 3.63) is 18.2 Å². The molecule has 1 saturated heterocycles. The van der Waals surface area contributed by atoms with Gasteiger partial charge in [0.05, 0.1) is 19.4 Å². The number of methoxy groups -OCH3 is 1. The fourth-order valence-corrected chi connectivity index (χ4v) is 3.60. The van der Waals surface area contributed by atoms with Crippen molar-refractivity contribution in [2.24, 2.45) is 11.3 Å². The van der Waals surface area contributed by atoms with Crippen molar-refractivity contribution in [2.75, 3.05) is 32.1 Å². The van der Waals surface area contributed by atoms with Crippen LogP contribution in [0.25, 0.3) is 0 Å². The lowest BCUT2D eigenvalue weighted by atomic mass is 9.92. The third-order valence-corrected chi connectivity index (χ3v) is 5.31. The normalized spacial score (nSPS) is 20.5. The van der Waals surface area contributed by atoms with Crippen molar-refractivity contribution in [1.82, 2.24) is 5.32 Å². The SMILES string of the molecule is CCCCOc1ccc(OC)cc1NC(=O)C1CC12CCNCC2.Cl. The topological polar surface area (TPSA) is 59.6 Å². The van der Waals surface area contributed by atoms with Gasteiger partial charge >= 0.3 is 0 Å². The molecule has 1 amide bonds. The summed E-state index contributed by atoms with van der Waals surface area (Å²) >= 11 is 0. The van der Waals surface area contributed by atoms with Crippen molar-refractivity contribution >= 4 is 24.0 Å². The molecule has 2 fully saturated rings. The summed E-state index contributed by atoms with van der Waals surface area (Å²) in [4.78, 5) is 12.7. The van der Waals surface area contributed by atoms with Crippen LogP contribution in [-0.2, 0) is 4.79 Å². The van der Waals surface area contributed by atoms with E-state index in [4.69, 9.17) is 9.47 Å². The number of benzene rings is 1. The Morgan fingerprint density at radius 3 is 2.80 bits per heavy atom. The Labute approximate surface area is 156 Å². The van der Waals surface area contributed by atoms with Crippen LogP contribution in [0.5, 0.6) is 11.5 Å². The molecule has 5 nitrogen and oxygen atoms in total. The third kappa shape index (κ3) is 4.59. The van der Waals surface area contributed by atoms with E-state index in [2.05, 4.69) is 17.6 Å². The van der Waals surface area contributed by atoms with Gasteiger partial charge in [-0.05, 0) is 56.3 Å². The Kier molecular flexibility index (Phi) is 6.96. The second-order valence-corrected chi connectivity index (χ2v) is 6.92. The predicted molar refractivity (Wildman–Crippen MR) is 102 cm³/mol. The summed E-state index contributed by atoms with van der Waals surface area (Å²) in [5.74, 6) is 1.69. The van der Waals surface area contributed by atoms with Gasteiger partial charge in [-0.3, -0.25) is 4.79 Å². The fraction of sp³-hybridized carbons (Fsp3) is 0.632. The minimum absolute atomic E-state index is 0. The second kappa shape index (κ2) is 8.77. The lowest BCUT2D eigenvalue weighted by Gasteiger charge is -2.23. The number of carbonyl (C=O) groups is 1. The standard InChI is InChI=1S/C19H28N2O3.ClH/c1-3-4-11-24-17-6-5-14(23-2)12-16(17)21-18(22)15-13-19(15)7-9-20-10-8-19;/h5-6,12,15,20H,3-4,7-11,13H2,1-2H3,(H,21,22);1H. The van der Waals surface area contributed by atoms with E-state index in [0.29, 0.717) is 12.3 Å². The van der Waals surface area contributed by atoms with Crippen LogP contribution in [0.4, 0.5) is 5.69 Å². The summed E-state index contributed by atoms with van der Waals surface area (Å²) in [7, 11) is 1.63. The fourth-order valence-electron chi connectivity index (χ4n) is 3.60. The lowest BCUT2D eigenvalue weighted by molar-refractivity contribution is -0.118. The van der Waals surface area contributed by atoms with Crippen molar-refractivity contribution < 1.29 is 14.3 Å². The molecule has 2 N–H and O–H groups in total. The highest BCUT2D eigenvalue weighted by Gasteiger charge is 2.57. The number of anilines is 1. The molecule has 1 saturated carbocycles. The van der Waals surface area contributed by atoms with E-state index in [1.54, 1.807) is 7.11 Å². The molecule has 1 aliphatic heterocycles. The number of unbranched alkanes of at least 4 members (excludes halogenated alkanes) is 1. The molecular formula is C19H29ClN2O3. The zero-order valence-electron chi connectivity index (χ0n) is 15.1. The number of hydrogen-bond donors (Lipinski definition) is 2. The molecule has 1 aliphatic carbocycles. The van der Waals surface area contributed by atoms with E-state index in [1.165, 1.54) is 0 Å². The maximum atomic E-state index is 12.7. The Morgan fingerprint density at radius 1 is 1.36 bits per heavy atom. The molecule has 0 radical (unpaired) electrons. The molecule has 1 aromatic rings. The minimum Gasteiger partial charge on any atom is -0.497 e. The van der Waals surface area contributed by atoms with Gasteiger partial charge in [0.1, 0.15) is 11.5 Å². The first-order valence-corrected chi connectivity index (χ1v) is 9.01. The van der Waals surface area contributed by atoms with E-state index in [9.17, 15) is 4.79 Å². The van der Waals surface area contributed by atoms with Crippen LogP contribution >= 0.6 is 12.4 Å². The summed E-state index contributed by atoms with van der Waals surface area (Å²) in [5, 5.41) is 6.46. The summed E-state index contributed by atoms with van der Waals surface area (Å²) in [6.45, 7) is 4.83. The number of nitrogens with one attached hydrogen (secondary N) is 2. The Hall–Kier alpha value is -1.46. The second-order valence-electron chi connectivity index (χ2n) is 6.92. The van der Waals surface area contributed by atoms with Gasteiger partial charge < -0.3 is 20.1 Å². The van der Waals surface area contributed by atoms with Crippen LogP contribution in [0.1, 0.15) is 39.0 Å². The van der Waals surface area contributed by atoms with Crippen LogP contribution in [0, 0.1) is 11.3 Å². The highest BCUT2D eigenvalue weighted by atomic mass is 35.5. The molecule has 2 aliphatic rings. The summed E-state index contributed by atoms with van der Waals surface area (Å²) in [6.07, 6.45) is 5.29. The first kappa shape index (κ1) is 19.9. The maximum absolute atomic E-state index is 12.7. The zero-order valence-corrected chi connectivity index (χ0v) is 15.9. The van der Waals surface area contributed by atoms with E-state index in [0.717, 1.165) is 56.7 Å². The van der Waals surface area contributed by atoms with Crippen molar-refractivity contribution in [1.29, 1.82) is 0 Å². The van der Waals surface area contributed by atoms with Crippen LogP contribution in [0.3, 0.4) is 0 Å². The predicted octanol–water partition coefficient (Wildman–Crippen LogP) is 3.62. The highest BCUT2D eigenvalue weighted by molar-refractivity contribution is 5.96. The van der Waals surface area contributed by atoms with Crippen molar-refractivity contribution in [3.8, 4) is 11.5 Å². The zero-order chi connectivity index (χ0) is 17.0. The van der Waals surface area contributed by atoms with Gasteiger partial charge in [-0.25, -0.2) is 0 Å². The molecule has 6 heteroatoms. The molecular weight excluding hydrogens is 340 g/mol. The molecule has 1 unspecified atom stereocenters. The summed E-state index contributed by atoms with van der Waals surface area (Å²) < 4.78 is 11.1. The molecule has 0 bridgehead atoms. The highest BCUT2D eigenvalue weighted by Crippen LogP contribution is 2.58. The third-order valence-electron chi connectivity index (χ3n) is 5.31. The lowest BCUT2D eigenvalue weighted by Crippen LogP contribution is -2.31. The number of halogens is 1. The quantitative estimate of drug-likeness (QED) is 0.721. The van der Waals surface area contributed by atoms with Crippen LogP contribution in [-0.4, -0.2) is 32.7 Å². The van der Waals surface area contributed by atoms with Crippen LogP contribution in [0.15, 0.2) is 18.2 Å². The molecule has 1 atom stereocenters.